The molecule has 0 saturated heterocycles. The van der Waals surface area contributed by atoms with E-state index in [4.69, 9.17) is 0 Å². The molecular weight excluding hydrogens is 1410 g/mol. The highest BCUT2D eigenvalue weighted by Crippen LogP contribution is 1.91. The molecule has 11 rings (SSSR count). The van der Waals surface area contributed by atoms with E-state index >= 15 is 0 Å². The summed E-state index contributed by atoms with van der Waals surface area (Å²) < 4.78 is 1.64. The second-order valence-electron chi connectivity index (χ2n) is 14.7. The van der Waals surface area contributed by atoms with E-state index < -0.39 is 0 Å². The highest BCUT2D eigenvalue weighted by atomic mass is 15.4. The van der Waals surface area contributed by atoms with Crippen LogP contribution in [0.4, 0.5) is 0 Å². The van der Waals surface area contributed by atoms with Gasteiger partial charge in [0.15, 0.2) is 0 Å². The maximum absolute atomic E-state index is 3.98. The first-order valence-corrected chi connectivity index (χ1v) is 33.5. The highest BCUT2D eigenvalue weighted by Gasteiger charge is 1.81. The molecule has 0 aliphatic carbocycles. The van der Waals surface area contributed by atoms with Crippen molar-refractivity contribution in [2.24, 2.45) is 7.05 Å². The Morgan fingerprint density at radius 3 is 0.789 bits per heavy atom. The minimum absolute atomic E-state index is 0. The summed E-state index contributed by atoms with van der Waals surface area (Å²) in [6, 6.07) is 23.1. The molecule has 0 aliphatic heterocycles. The van der Waals surface area contributed by atoms with E-state index in [1.54, 1.807) is 110 Å². The van der Waals surface area contributed by atoms with Crippen LogP contribution in [-0.4, -0.2) is 111 Å². The number of aryl methyl sites for hydroxylation is 11. The fourth-order valence-electron chi connectivity index (χ4n) is 3.95. The quantitative estimate of drug-likeness (QED) is 0.143. The molecular formula is C92H204N22. The Kier molecular flexibility index (Phi) is 328. The lowest BCUT2D eigenvalue weighted by molar-refractivity contribution is 0.715. The lowest BCUT2D eigenvalue weighted by Gasteiger charge is -1.82. The molecule has 0 bridgehead atoms. The average molecular weight is 1620 g/mol. The van der Waals surface area contributed by atoms with Gasteiger partial charge in [0.25, 0.3) is 0 Å². The van der Waals surface area contributed by atoms with E-state index in [-0.39, 0.29) is 134 Å². The summed E-state index contributed by atoms with van der Waals surface area (Å²) in [7, 11) is 1.83. The Morgan fingerprint density at radius 1 is 0.246 bits per heavy atom. The zero-order valence-electron chi connectivity index (χ0n) is 65.8. The highest BCUT2D eigenvalue weighted by molar-refractivity contribution is 5.06. The number of hydrogen-bond donors (Lipinski definition) is 2. The molecule has 0 unspecified atom stereocenters. The van der Waals surface area contributed by atoms with Crippen molar-refractivity contribution in [2.75, 3.05) is 0 Å². The van der Waals surface area contributed by atoms with Crippen LogP contribution in [0.3, 0.4) is 0 Å². The zero-order chi connectivity index (χ0) is 76.1. The summed E-state index contributed by atoms with van der Waals surface area (Å²) in [5.41, 5.74) is 9.61. The molecule has 22 nitrogen and oxygen atoms in total. The molecule has 0 saturated carbocycles. The van der Waals surface area contributed by atoms with Crippen LogP contribution in [0.1, 0.15) is 343 Å². The number of nitrogens with zero attached hydrogens (tertiary/aromatic N) is 20. The van der Waals surface area contributed by atoms with E-state index in [0.717, 1.165) is 45.4 Å². The largest absolute Gasteiger partial charge is 0.265 e. The third-order valence-electron chi connectivity index (χ3n) is 7.63. The normalized spacial score (nSPS) is 6.25. The summed E-state index contributed by atoms with van der Waals surface area (Å²) >= 11 is 0. The first-order chi connectivity index (χ1) is 46.8. The van der Waals surface area contributed by atoms with Crippen molar-refractivity contribution in [3.8, 4) is 0 Å². The summed E-state index contributed by atoms with van der Waals surface area (Å²) in [4.78, 5) is 34.6. The number of rotatable bonds is 0. The van der Waals surface area contributed by atoms with Crippen molar-refractivity contribution in [2.45, 2.75) is 355 Å². The van der Waals surface area contributed by atoms with Gasteiger partial charge in [-0.3, -0.25) is 19.6 Å². The van der Waals surface area contributed by atoms with Gasteiger partial charge < -0.3 is 0 Å². The monoisotopic (exact) mass is 1620 g/mol. The molecule has 0 atom stereocenters. The minimum atomic E-state index is 0. The van der Waals surface area contributed by atoms with Gasteiger partial charge in [-0.15, -0.1) is 5.10 Å². The van der Waals surface area contributed by atoms with Crippen molar-refractivity contribution in [3.05, 3.63) is 247 Å². The Labute approximate surface area is 717 Å². The first-order valence-electron chi connectivity index (χ1n) is 33.5. The van der Waals surface area contributed by atoms with Crippen LogP contribution in [0, 0.1) is 69.2 Å². The molecule has 114 heavy (non-hydrogen) atoms. The molecule has 2 N–H and O–H groups in total. The van der Waals surface area contributed by atoms with Gasteiger partial charge in [-0.05, 0) is 152 Å². The fourth-order valence-corrected chi connectivity index (χ4v) is 3.95. The molecule has 0 spiro atoms. The summed E-state index contributed by atoms with van der Waals surface area (Å²) in [5, 5.41) is 41.1. The predicted molar refractivity (Wildman–Crippen MR) is 530 cm³/mol. The maximum Gasteiger partial charge on any atom is 0.125 e. The second-order valence-corrected chi connectivity index (χ2v) is 14.7. The van der Waals surface area contributed by atoms with Gasteiger partial charge >= 0.3 is 0 Å². The van der Waals surface area contributed by atoms with Crippen LogP contribution in [0.2, 0.25) is 0 Å². The average Bonchev–Trinajstić information content (AvgIpc) is 1.98. The van der Waals surface area contributed by atoms with Gasteiger partial charge in [0.1, 0.15) is 18.5 Å². The molecule has 11 heterocycles. The lowest BCUT2D eigenvalue weighted by atomic mass is 10.3. The van der Waals surface area contributed by atoms with Gasteiger partial charge in [0.05, 0.1) is 41.9 Å². The third-order valence-corrected chi connectivity index (χ3v) is 7.63. The standard InChI is InChI=1S/3C6H7N.5C5H6N2.3C3H5N3.11C2H6.18CH4/c1-6-2-4-7-5-3-6;1-6-3-2-4-7-5-6;1-6-4-2-3-5-7-6;1-5-2-6-4-7-3-5;1-5-2-3-6-4-7-5;1-5-2-3-6-7-4-5;1-5-6-3-2-4-7-5;1-5-3-2-4-6-7-5;1-6-3-2-4-5-6;2*1-3-2-4-6-5-3;11*1-2;;;;;;;;;;;;;;;;;;/h3*2-5H,1H3;5*2-4H,1H3;2-3H,1H3;2*2H,1H3,(H,4,5,6);11*1-2H3;18*1H4. The minimum Gasteiger partial charge on any atom is -0.265 e. The smallest absolute Gasteiger partial charge is 0.125 e. The van der Waals surface area contributed by atoms with E-state index in [9.17, 15) is 0 Å². The van der Waals surface area contributed by atoms with Crippen molar-refractivity contribution >= 4 is 0 Å². The Morgan fingerprint density at radius 2 is 0.632 bits per heavy atom. The van der Waals surface area contributed by atoms with Crippen LogP contribution in [0.15, 0.2) is 191 Å². The third kappa shape index (κ3) is 185. The maximum atomic E-state index is 3.98. The fraction of sp³-hybridized carbons (Fsp3) is 0.554. The number of hydrogen-bond acceptors (Lipinski definition) is 19. The molecule has 22 heteroatoms. The number of aromatic amines is 2. The van der Waals surface area contributed by atoms with Gasteiger partial charge in [-0.1, -0.05) is 303 Å². The van der Waals surface area contributed by atoms with Crippen LogP contribution in [-0.2, 0) is 7.05 Å². The molecule has 11 aromatic rings. The van der Waals surface area contributed by atoms with Gasteiger partial charge in [-0.25, -0.2) is 29.9 Å². The molecule has 0 amide bonds. The van der Waals surface area contributed by atoms with Gasteiger partial charge in [-0.2, -0.15) is 51.2 Å². The Bertz CT molecular complexity index is 2280. The Hall–Kier alpha value is -9.73. The number of aromatic nitrogens is 22. The molecule has 0 radical (unpaired) electrons. The lowest BCUT2D eigenvalue weighted by Crippen LogP contribution is -1.85. The molecule has 682 valence electrons. The van der Waals surface area contributed by atoms with Crippen molar-refractivity contribution < 1.29 is 0 Å². The van der Waals surface area contributed by atoms with E-state index in [0.29, 0.717) is 0 Å². The van der Waals surface area contributed by atoms with E-state index in [2.05, 4.69) is 106 Å². The summed E-state index contributed by atoms with van der Waals surface area (Å²) in [5.74, 6) is 0.822. The van der Waals surface area contributed by atoms with Crippen LogP contribution in [0.25, 0.3) is 0 Å². The van der Waals surface area contributed by atoms with Crippen LogP contribution in [0.5, 0.6) is 0 Å². The molecule has 11 aromatic heterocycles. The van der Waals surface area contributed by atoms with Gasteiger partial charge in [0.2, 0.25) is 0 Å². The predicted octanol–water partition coefficient (Wildman–Crippen LogP) is 30.9. The van der Waals surface area contributed by atoms with E-state index in [1.165, 1.54) is 23.8 Å². The topological polar surface area (TPSA) is 281 Å². The number of H-pyrrole nitrogens is 2. The zero-order valence-corrected chi connectivity index (χ0v) is 65.8. The van der Waals surface area contributed by atoms with Gasteiger partial charge in [0, 0.05) is 99.0 Å². The van der Waals surface area contributed by atoms with Crippen molar-refractivity contribution in [1.29, 1.82) is 0 Å². The summed E-state index contributed by atoms with van der Waals surface area (Å²) in [6.45, 7) is 63.4. The number of pyridine rings is 3. The molecule has 0 fully saturated rings. The SMILES string of the molecule is C.C.C.C.C.C.C.C.C.C.C.C.C.C.C.C.C.C.CC.CC.CC.CC.CC.CC.CC.CC.CC.CC.CC.Cc1ccccn1.Cc1cccnc1.Cc1cccnn1.Cc1ccncc1.Cc1ccncn1.Cc1ccnnc1.Cc1cn[nH]n1.Cc1cn[nH]n1.Cc1cncnc1.Cc1ncccn1.Cn1ccnn1. The summed E-state index contributed by atoms with van der Waals surface area (Å²) in [6.07, 6.45) is 32.5. The number of nitrogens with one attached hydrogen (secondary N) is 2. The first kappa shape index (κ1) is 196. The molecule has 0 aromatic carbocycles. The molecule has 0 aliphatic rings. The van der Waals surface area contributed by atoms with Crippen LogP contribution >= 0.6 is 0 Å². The van der Waals surface area contributed by atoms with Crippen molar-refractivity contribution in [3.63, 3.8) is 0 Å². The Balaban J connectivity index is -0.0000000248. The van der Waals surface area contributed by atoms with E-state index in [1.807, 2.05) is 302 Å². The van der Waals surface area contributed by atoms with Crippen LogP contribution < -0.4 is 0 Å². The second kappa shape index (κ2) is 191. The van der Waals surface area contributed by atoms with Crippen molar-refractivity contribution in [1.82, 2.24) is 111 Å².